The molecule has 38 heavy (non-hydrogen) atoms. The molecule has 0 aromatic heterocycles. The number of aliphatic hydroxyl groups is 3. The second-order valence-corrected chi connectivity index (χ2v) is 15.0. The van der Waals surface area contributed by atoms with Crippen LogP contribution in [0.1, 0.15) is 107 Å². The Labute approximate surface area is 229 Å². The van der Waals surface area contributed by atoms with Gasteiger partial charge in [0, 0.05) is 18.8 Å². The van der Waals surface area contributed by atoms with Crippen molar-refractivity contribution in [3.05, 3.63) is 11.6 Å². The number of Topliss-reactive ketones (excluding diaryl/α,β-unsaturated/α-hetero) is 1. The van der Waals surface area contributed by atoms with E-state index in [0.717, 1.165) is 38.5 Å². The molecule has 4 aliphatic rings. The summed E-state index contributed by atoms with van der Waals surface area (Å²) in [7, 11) is 0. The second-order valence-electron chi connectivity index (χ2n) is 15.0. The van der Waals surface area contributed by atoms with Gasteiger partial charge in [-0.2, -0.15) is 0 Å². The van der Waals surface area contributed by atoms with E-state index in [1.807, 2.05) is 0 Å². The van der Waals surface area contributed by atoms with Crippen molar-refractivity contribution < 1.29 is 29.6 Å². The molecule has 3 saturated carbocycles. The molecule has 0 radical (unpaired) electrons. The van der Waals surface area contributed by atoms with Gasteiger partial charge in [-0.3, -0.25) is 9.59 Å². The zero-order valence-electron chi connectivity index (χ0n) is 25.0. The summed E-state index contributed by atoms with van der Waals surface area (Å²) in [5.74, 6) is 1.00. The summed E-state index contributed by atoms with van der Waals surface area (Å²) in [4.78, 5) is 24.7. The number of hydrogen-bond acceptors (Lipinski definition) is 6. The summed E-state index contributed by atoms with van der Waals surface area (Å²) >= 11 is 0. The van der Waals surface area contributed by atoms with Crippen LogP contribution in [0.4, 0.5) is 0 Å². The maximum absolute atomic E-state index is 12.9. The number of carbonyl (C=O) groups excluding carboxylic acids is 2. The molecular weight excluding hydrogens is 480 g/mol. The Balaban J connectivity index is 1.66. The van der Waals surface area contributed by atoms with Crippen LogP contribution in [0, 0.1) is 45.3 Å². The first-order valence-electron chi connectivity index (χ1n) is 14.9. The Hall–Kier alpha value is -1.24. The van der Waals surface area contributed by atoms with E-state index in [-0.39, 0.29) is 52.5 Å². The van der Waals surface area contributed by atoms with Gasteiger partial charge in [0.05, 0.1) is 18.3 Å². The molecule has 9 atom stereocenters. The van der Waals surface area contributed by atoms with Crippen molar-refractivity contribution in [2.75, 3.05) is 6.61 Å². The zero-order chi connectivity index (χ0) is 28.5. The van der Waals surface area contributed by atoms with Gasteiger partial charge in [-0.15, -0.1) is 0 Å². The number of rotatable bonds is 7. The fourth-order valence-corrected chi connectivity index (χ4v) is 9.79. The lowest BCUT2D eigenvalue weighted by atomic mass is 9.41. The molecule has 0 unspecified atom stereocenters. The van der Waals surface area contributed by atoms with Crippen molar-refractivity contribution >= 4 is 11.8 Å². The van der Waals surface area contributed by atoms with Gasteiger partial charge in [-0.25, -0.2) is 0 Å². The van der Waals surface area contributed by atoms with E-state index >= 15 is 0 Å². The predicted octanol–water partition coefficient (Wildman–Crippen LogP) is 5.22. The van der Waals surface area contributed by atoms with E-state index in [1.165, 1.54) is 20.8 Å². The number of carbonyl (C=O) groups is 2. The summed E-state index contributed by atoms with van der Waals surface area (Å²) < 4.78 is 5.53. The van der Waals surface area contributed by atoms with Crippen LogP contribution in [-0.2, 0) is 14.3 Å². The Morgan fingerprint density at radius 3 is 2.37 bits per heavy atom. The fourth-order valence-electron chi connectivity index (χ4n) is 9.79. The zero-order valence-corrected chi connectivity index (χ0v) is 25.0. The van der Waals surface area contributed by atoms with Crippen LogP contribution in [0.5, 0.6) is 0 Å². The van der Waals surface area contributed by atoms with Crippen LogP contribution >= 0.6 is 0 Å². The van der Waals surface area contributed by atoms with Crippen LogP contribution in [0.3, 0.4) is 0 Å². The van der Waals surface area contributed by atoms with Gasteiger partial charge >= 0.3 is 5.97 Å². The molecule has 216 valence electrons. The van der Waals surface area contributed by atoms with Gasteiger partial charge < -0.3 is 20.1 Å². The molecule has 0 aliphatic heterocycles. The molecular formula is C32H52O6. The first-order chi connectivity index (χ1) is 17.4. The first-order valence-corrected chi connectivity index (χ1v) is 14.9. The lowest BCUT2D eigenvalue weighted by Crippen LogP contribution is -2.57. The molecule has 0 aromatic rings. The third kappa shape index (κ3) is 4.51. The minimum atomic E-state index is -1.42. The highest BCUT2D eigenvalue weighted by Crippen LogP contribution is 2.73. The molecule has 0 saturated heterocycles. The third-order valence-corrected chi connectivity index (χ3v) is 12.3. The van der Waals surface area contributed by atoms with Gasteiger partial charge in [0.15, 0.2) is 0 Å². The molecule has 0 heterocycles. The van der Waals surface area contributed by atoms with E-state index in [1.54, 1.807) is 5.57 Å². The number of ketones is 1. The smallest absolute Gasteiger partial charge is 0.302 e. The Morgan fingerprint density at radius 1 is 1.11 bits per heavy atom. The second kappa shape index (κ2) is 9.69. The average molecular weight is 533 g/mol. The number of ether oxygens (including phenoxy) is 1. The summed E-state index contributed by atoms with van der Waals surface area (Å²) in [6, 6.07) is 0. The van der Waals surface area contributed by atoms with Gasteiger partial charge in [0.2, 0.25) is 0 Å². The lowest BCUT2D eigenvalue weighted by molar-refractivity contribution is -0.148. The maximum Gasteiger partial charge on any atom is 0.302 e. The maximum atomic E-state index is 12.9. The number of hydrogen-bond donors (Lipinski definition) is 3. The lowest BCUT2D eigenvalue weighted by Gasteiger charge is -2.63. The van der Waals surface area contributed by atoms with Crippen molar-refractivity contribution in [1.82, 2.24) is 0 Å². The monoisotopic (exact) mass is 532 g/mol. The molecule has 0 aromatic carbocycles. The third-order valence-electron chi connectivity index (χ3n) is 12.3. The van der Waals surface area contributed by atoms with E-state index in [2.05, 4.69) is 40.7 Å². The number of allylic oxidation sites excluding steroid dienone is 2. The van der Waals surface area contributed by atoms with Crippen LogP contribution in [0.15, 0.2) is 11.6 Å². The van der Waals surface area contributed by atoms with Crippen molar-refractivity contribution in [3.63, 3.8) is 0 Å². The van der Waals surface area contributed by atoms with Crippen LogP contribution < -0.4 is 0 Å². The fraction of sp³-hybridized carbons (Fsp3) is 0.875. The number of aliphatic hydroxyl groups excluding tert-OH is 2. The Morgan fingerprint density at radius 2 is 1.76 bits per heavy atom. The van der Waals surface area contributed by atoms with Crippen molar-refractivity contribution in [1.29, 1.82) is 0 Å². The molecule has 6 nitrogen and oxygen atoms in total. The average Bonchev–Trinajstić information content (AvgIpc) is 3.09. The summed E-state index contributed by atoms with van der Waals surface area (Å²) in [5, 5.41) is 31.8. The SMILES string of the molecule is CC(=O)OC[C@@H](C[C@@H](O)[C@H](O)C(C)(C)O)[C@@H]1CC[C@]2(C)C3=CC[C@H]4C(C)(C)C(=O)CC[C@]4(C)[C@H]3CC[C@@]12C. The highest BCUT2D eigenvalue weighted by Gasteiger charge is 2.65. The predicted molar refractivity (Wildman–Crippen MR) is 147 cm³/mol. The normalized spacial score (nSPS) is 40.8. The number of esters is 1. The summed E-state index contributed by atoms with van der Waals surface area (Å²) in [6.07, 6.45) is 7.10. The van der Waals surface area contributed by atoms with E-state index in [4.69, 9.17) is 4.74 Å². The molecule has 3 fully saturated rings. The van der Waals surface area contributed by atoms with Crippen LogP contribution in [0.2, 0.25) is 0 Å². The van der Waals surface area contributed by atoms with Gasteiger partial charge in [-0.05, 0) is 98.7 Å². The van der Waals surface area contributed by atoms with Crippen molar-refractivity contribution in [2.24, 2.45) is 45.3 Å². The van der Waals surface area contributed by atoms with Gasteiger partial charge in [0.25, 0.3) is 0 Å². The van der Waals surface area contributed by atoms with E-state index in [9.17, 15) is 24.9 Å². The van der Waals surface area contributed by atoms with E-state index in [0.29, 0.717) is 24.0 Å². The topological polar surface area (TPSA) is 104 Å². The minimum absolute atomic E-state index is 0.00550. The highest BCUT2D eigenvalue weighted by molar-refractivity contribution is 5.85. The number of fused-ring (bicyclic) bond motifs is 5. The Kier molecular flexibility index (Phi) is 7.59. The molecule has 4 rings (SSSR count). The van der Waals surface area contributed by atoms with Crippen LogP contribution in [0.25, 0.3) is 0 Å². The Bertz CT molecular complexity index is 977. The van der Waals surface area contributed by atoms with Crippen molar-refractivity contribution in [2.45, 2.75) is 125 Å². The summed E-state index contributed by atoms with van der Waals surface area (Å²) in [5.41, 5.74) is -0.0702. The standard InChI is InChI=1S/C32H52O6/c1-19(33)38-18-20(17-24(34)27(36)29(4,5)37)21-11-15-32(8)23-9-10-25-28(2,3)26(35)13-14-30(25,6)22(23)12-16-31(21,32)7/h9,20-22,24-25,27,34,36-37H,10-18H2,1-8H3/t20-,21+,22+,24-,25+,27+,30-,31+,32-/m1/s1. The molecule has 3 N–H and O–H groups in total. The quantitative estimate of drug-likeness (QED) is 0.307. The molecule has 0 amide bonds. The van der Waals surface area contributed by atoms with Gasteiger partial charge in [0.1, 0.15) is 11.9 Å². The molecule has 4 aliphatic carbocycles. The van der Waals surface area contributed by atoms with Gasteiger partial charge in [-0.1, -0.05) is 46.3 Å². The highest BCUT2D eigenvalue weighted by atomic mass is 16.5. The summed E-state index contributed by atoms with van der Waals surface area (Å²) in [6.45, 7) is 16.2. The minimum Gasteiger partial charge on any atom is -0.466 e. The largest absolute Gasteiger partial charge is 0.466 e. The van der Waals surface area contributed by atoms with E-state index < -0.39 is 17.8 Å². The van der Waals surface area contributed by atoms with Crippen LogP contribution in [-0.4, -0.2) is 51.5 Å². The molecule has 0 bridgehead atoms. The first kappa shape index (κ1) is 29.7. The van der Waals surface area contributed by atoms with Crippen molar-refractivity contribution in [3.8, 4) is 0 Å². The molecule has 0 spiro atoms. The molecule has 6 heteroatoms.